The van der Waals surface area contributed by atoms with Gasteiger partial charge in [0.1, 0.15) is 6.04 Å². The zero-order valence-corrected chi connectivity index (χ0v) is 8.41. The zero-order valence-electron chi connectivity index (χ0n) is 8.41. The molecule has 0 saturated carbocycles. The first-order valence-electron chi connectivity index (χ1n) is 5.35. The van der Waals surface area contributed by atoms with E-state index in [2.05, 4.69) is 16.3 Å². The van der Waals surface area contributed by atoms with Crippen molar-refractivity contribution in [2.24, 2.45) is 0 Å². The lowest BCUT2D eigenvalue weighted by molar-refractivity contribution is 0.0193. The van der Waals surface area contributed by atoms with Crippen molar-refractivity contribution in [3.05, 3.63) is 0 Å². The van der Waals surface area contributed by atoms with E-state index >= 15 is 0 Å². The van der Waals surface area contributed by atoms with E-state index in [-0.39, 0.29) is 6.04 Å². The van der Waals surface area contributed by atoms with Gasteiger partial charge in [-0.2, -0.15) is 5.26 Å². The standard InChI is InChI=1S/C10H17N3O/c11-7-10-8-12-3-4-13(10)9-1-5-14-6-2-9/h9-10,12H,1-6,8H2. The molecule has 2 fully saturated rings. The maximum Gasteiger partial charge on any atom is 0.111 e. The second kappa shape index (κ2) is 4.74. The smallest absolute Gasteiger partial charge is 0.111 e. The average Bonchev–Trinajstić information content (AvgIpc) is 2.30. The highest BCUT2D eigenvalue weighted by Gasteiger charge is 2.29. The summed E-state index contributed by atoms with van der Waals surface area (Å²) in [6, 6.07) is 3.00. The number of nitrogens with zero attached hydrogens (tertiary/aromatic N) is 2. The Morgan fingerprint density at radius 2 is 2.14 bits per heavy atom. The van der Waals surface area contributed by atoms with Crippen LogP contribution in [0.5, 0.6) is 0 Å². The Morgan fingerprint density at radius 1 is 1.36 bits per heavy atom. The van der Waals surface area contributed by atoms with Crippen LogP contribution in [-0.4, -0.2) is 49.8 Å². The minimum absolute atomic E-state index is 0.0619. The highest BCUT2D eigenvalue weighted by molar-refractivity contribution is 4.98. The van der Waals surface area contributed by atoms with E-state index in [9.17, 15) is 0 Å². The molecule has 0 aromatic heterocycles. The summed E-state index contributed by atoms with van der Waals surface area (Å²) in [5.41, 5.74) is 0. The molecule has 2 aliphatic heterocycles. The van der Waals surface area contributed by atoms with Gasteiger partial charge < -0.3 is 10.1 Å². The van der Waals surface area contributed by atoms with Crippen molar-refractivity contribution in [1.29, 1.82) is 5.26 Å². The molecule has 1 N–H and O–H groups in total. The summed E-state index contributed by atoms with van der Waals surface area (Å²) in [7, 11) is 0. The molecular weight excluding hydrogens is 178 g/mol. The van der Waals surface area contributed by atoms with Gasteiger partial charge in [-0.3, -0.25) is 4.90 Å². The highest BCUT2D eigenvalue weighted by atomic mass is 16.5. The lowest BCUT2D eigenvalue weighted by Gasteiger charge is -2.39. The van der Waals surface area contributed by atoms with Crippen molar-refractivity contribution in [3.63, 3.8) is 0 Å². The first-order valence-corrected chi connectivity index (χ1v) is 5.35. The number of rotatable bonds is 1. The molecule has 2 saturated heterocycles. The van der Waals surface area contributed by atoms with Crippen LogP contribution in [0, 0.1) is 11.3 Å². The summed E-state index contributed by atoms with van der Waals surface area (Å²) in [6.07, 6.45) is 2.16. The van der Waals surface area contributed by atoms with Crippen molar-refractivity contribution >= 4 is 0 Å². The van der Waals surface area contributed by atoms with Crippen LogP contribution in [0.1, 0.15) is 12.8 Å². The molecule has 4 heteroatoms. The van der Waals surface area contributed by atoms with Crippen LogP contribution in [0.25, 0.3) is 0 Å². The van der Waals surface area contributed by atoms with Gasteiger partial charge in [-0.15, -0.1) is 0 Å². The summed E-state index contributed by atoms with van der Waals surface area (Å²) in [6.45, 7) is 4.53. The van der Waals surface area contributed by atoms with Gasteiger partial charge in [-0.05, 0) is 12.8 Å². The Bertz CT molecular complexity index is 220. The molecule has 0 amide bonds. The average molecular weight is 195 g/mol. The molecule has 2 aliphatic rings. The van der Waals surface area contributed by atoms with Crippen LogP contribution < -0.4 is 5.32 Å². The van der Waals surface area contributed by atoms with Crippen molar-refractivity contribution < 1.29 is 4.74 Å². The molecule has 0 spiro atoms. The van der Waals surface area contributed by atoms with Gasteiger partial charge in [0.2, 0.25) is 0 Å². The first kappa shape index (κ1) is 9.91. The molecular formula is C10H17N3O. The van der Waals surface area contributed by atoms with Gasteiger partial charge in [0.15, 0.2) is 0 Å². The van der Waals surface area contributed by atoms with E-state index in [4.69, 9.17) is 10.00 Å². The zero-order chi connectivity index (χ0) is 9.80. The van der Waals surface area contributed by atoms with E-state index < -0.39 is 0 Å². The van der Waals surface area contributed by atoms with E-state index in [1.165, 1.54) is 0 Å². The fourth-order valence-electron chi connectivity index (χ4n) is 2.29. The van der Waals surface area contributed by atoms with Crippen LogP contribution >= 0.6 is 0 Å². The predicted molar refractivity (Wildman–Crippen MR) is 52.8 cm³/mol. The van der Waals surface area contributed by atoms with Gasteiger partial charge in [0.05, 0.1) is 6.07 Å². The summed E-state index contributed by atoms with van der Waals surface area (Å²) < 4.78 is 5.33. The monoisotopic (exact) mass is 195 g/mol. The molecule has 0 aromatic rings. The molecule has 0 aromatic carbocycles. The van der Waals surface area contributed by atoms with Crippen molar-refractivity contribution in [2.45, 2.75) is 24.9 Å². The van der Waals surface area contributed by atoms with E-state index in [0.717, 1.165) is 45.7 Å². The SMILES string of the molecule is N#CC1CNCCN1C1CCOCC1. The Balaban J connectivity index is 1.95. The van der Waals surface area contributed by atoms with Gasteiger partial charge in [0, 0.05) is 38.9 Å². The molecule has 1 atom stereocenters. The Hall–Kier alpha value is -0.630. The van der Waals surface area contributed by atoms with Gasteiger partial charge >= 0.3 is 0 Å². The fourth-order valence-corrected chi connectivity index (χ4v) is 2.29. The van der Waals surface area contributed by atoms with Crippen molar-refractivity contribution in [1.82, 2.24) is 10.2 Å². The topological polar surface area (TPSA) is 48.3 Å². The van der Waals surface area contributed by atoms with E-state index in [0.29, 0.717) is 6.04 Å². The fraction of sp³-hybridized carbons (Fsp3) is 0.900. The van der Waals surface area contributed by atoms with Gasteiger partial charge in [-0.25, -0.2) is 0 Å². The molecule has 2 heterocycles. The van der Waals surface area contributed by atoms with Crippen LogP contribution in [0.15, 0.2) is 0 Å². The normalized spacial score (nSPS) is 31.2. The number of ether oxygens (including phenoxy) is 1. The largest absolute Gasteiger partial charge is 0.381 e. The number of nitriles is 1. The third-order valence-electron chi connectivity index (χ3n) is 3.09. The third kappa shape index (κ3) is 2.06. The third-order valence-corrected chi connectivity index (χ3v) is 3.09. The molecule has 0 bridgehead atoms. The molecule has 2 rings (SSSR count). The number of nitrogens with one attached hydrogen (secondary N) is 1. The Kier molecular flexibility index (Phi) is 3.35. The maximum absolute atomic E-state index is 9.03. The number of piperazine rings is 1. The second-order valence-corrected chi connectivity index (χ2v) is 3.93. The van der Waals surface area contributed by atoms with E-state index in [1.54, 1.807) is 0 Å². The lowest BCUT2D eigenvalue weighted by Crippen LogP contribution is -2.55. The number of hydrogen-bond acceptors (Lipinski definition) is 4. The van der Waals surface area contributed by atoms with Crippen molar-refractivity contribution in [2.75, 3.05) is 32.8 Å². The summed E-state index contributed by atoms with van der Waals surface area (Å²) >= 11 is 0. The second-order valence-electron chi connectivity index (χ2n) is 3.93. The molecule has 1 unspecified atom stereocenters. The molecule has 14 heavy (non-hydrogen) atoms. The van der Waals surface area contributed by atoms with Crippen LogP contribution in [0.3, 0.4) is 0 Å². The van der Waals surface area contributed by atoms with Crippen LogP contribution in [0.2, 0.25) is 0 Å². The Labute approximate surface area is 84.8 Å². The van der Waals surface area contributed by atoms with Gasteiger partial charge in [-0.1, -0.05) is 0 Å². The first-order chi connectivity index (χ1) is 6.92. The molecule has 78 valence electrons. The summed E-state index contributed by atoms with van der Waals surface area (Å²) in [4.78, 5) is 2.35. The minimum Gasteiger partial charge on any atom is -0.381 e. The van der Waals surface area contributed by atoms with Crippen LogP contribution in [0.4, 0.5) is 0 Å². The minimum atomic E-state index is 0.0619. The van der Waals surface area contributed by atoms with Gasteiger partial charge in [0.25, 0.3) is 0 Å². The summed E-state index contributed by atoms with van der Waals surface area (Å²) in [5.74, 6) is 0. The number of hydrogen-bond donors (Lipinski definition) is 1. The molecule has 0 radical (unpaired) electrons. The van der Waals surface area contributed by atoms with Crippen LogP contribution in [-0.2, 0) is 4.74 Å². The molecule has 4 nitrogen and oxygen atoms in total. The molecule has 0 aliphatic carbocycles. The maximum atomic E-state index is 9.03. The van der Waals surface area contributed by atoms with Crippen molar-refractivity contribution in [3.8, 4) is 6.07 Å². The summed E-state index contributed by atoms with van der Waals surface area (Å²) in [5, 5.41) is 12.3. The Morgan fingerprint density at radius 3 is 2.86 bits per heavy atom. The highest BCUT2D eigenvalue weighted by Crippen LogP contribution is 2.17. The predicted octanol–water partition coefficient (Wildman–Crippen LogP) is -0.0372. The van der Waals surface area contributed by atoms with E-state index in [1.807, 2.05) is 0 Å². The lowest BCUT2D eigenvalue weighted by atomic mass is 10.0. The quantitative estimate of drug-likeness (QED) is 0.638.